The van der Waals surface area contributed by atoms with Gasteiger partial charge in [-0.05, 0) is 25.0 Å². The van der Waals surface area contributed by atoms with E-state index in [0.717, 1.165) is 36.3 Å². The molecule has 0 spiro atoms. The second kappa shape index (κ2) is 6.64. The summed E-state index contributed by atoms with van der Waals surface area (Å²) in [5.74, 6) is -1.63. The van der Waals surface area contributed by atoms with Gasteiger partial charge in [-0.3, -0.25) is 4.79 Å². The van der Waals surface area contributed by atoms with Crippen LogP contribution in [0, 0.1) is 11.6 Å². The Hall–Kier alpha value is -1.99. The lowest BCUT2D eigenvalue weighted by molar-refractivity contribution is 0.120. The Morgan fingerprint density at radius 2 is 2.26 bits per heavy atom. The maximum atomic E-state index is 13.8. The second-order valence-electron chi connectivity index (χ2n) is 5.20. The number of benzene rings is 1. The highest BCUT2D eigenvalue weighted by Crippen LogP contribution is 2.20. The first-order valence-electron chi connectivity index (χ1n) is 7.15. The number of nitrogens with zero attached hydrogens (tertiary/aromatic N) is 2. The first kappa shape index (κ1) is 15.9. The molecule has 0 radical (unpaired) electrons. The van der Waals surface area contributed by atoms with Crippen molar-refractivity contribution in [2.45, 2.75) is 18.9 Å². The van der Waals surface area contributed by atoms with Gasteiger partial charge >= 0.3 is 0 Å². The van der Waals surface area contributed by atoms with Crippen molar-refractivity contribution in [1.29, 1.82) is 0 Å². The number of aromatic nitrogens is 2. The topological polar surface area (TPSA) is 56.1 Å². The second-order valence-corrected chi connectivity index (χ2v) is 5.58. The predicted octanol–water partition coefficient (Wildman–Crippen LogP) is 2.76. The summed E-state index contributed by atoms with van der Waals surface area (Å²) in [5, 5.41) is 6.80. The van der Waals surface area contributed by atoms with Crippen LogP contribution in [-0.2, 0) is 4.74 Å². The zero-order valence-corrected chi connectivity index (χ0v) is 12.8. The molecule has 122 valence electrons. The molecule has 1 aliphatic rings. The van der Waals surface area contributed by atoms with Gasteiger partial charge < -0.3 is 10.1 Å². The molecule has 2 aromatic rings. The number of ether oxygens (including phenoxy) is 1. The van der Waals surface area contributed by atoms with Crippen molar-refractivity contribution in [2.24, 2.45) is 0 Å². The van der Waals surface area contributed by atoms with E-state index in [1.807, 2.05) is 0 Å². The van der Waals surface area contributed by atoms with E-state index in [2.05, 4.69) is 10.4 Å². The Balaban J connectivity index is 1.86. The van der Waals surface area contributed by atoms with Crippen LogP contribution >= 0.6 is 11.6 Å². The van der Waals surface area contributed by atoms with Gasteiger partial charge in [0, 0.05) is 19.2 Å². The molecule has 2 heterocycles. The van der Waals surface area contributed by atoms with E-state index in [9.17, 15) is 13.6 Å². The molecule has 1 aliphatic heterocycles. The summed E-state index contributed by atoms with van der Waals surface area (Å²) in [7, 11) is 0. The van der Waals surface area contributed by atoms with Gasteiger partial charge in [-0.25, -0.2) is 8.78 Å². The average Bonchev–Trinajstić information content (AvgIpc) is 3.03. The number of anilines is 1. The highest BCUT2D eigenvalue weighted by atomic mass is 35.5. The number of hydrogen-bond acceptors (Lipinski definition) is 4. The quantitative estimate of drug-likeness (QED) is 0.929. The normalized spacial score (nSPS) is 17.4. The maximum Gasteiger partial charge on any atom is 0.292 e. The van der Waals surface area contributed by atoms with Gasteiger partial charge in [0.25, 0.3) is 5.56 Å². The number of rotatable bonds is 4. The smallest absolute Gasteiger partial charge is 0.292 e. The minimum Gasteiger partial charge on any atom is -0.380 e. The summed E-state index contributed by atoms with van der Waals surface area (Å²) >= 11 is 6.04. The van der Waals surface area contributed by atoms with Crippen molar-refractivity contribution in [1.82, 2.24) is 9.78 Å². The monoisotopic (exact) mass is 341 g/mol. The summed E-state index contributed by atoms with van der Waals surface area (Å²) in [4.78, 5) is 12.3. The van der Waals surface area contributed by atoms with Crippen molar-refractivity contribution in [3.8, 4) is 5.69 Å². The van der Waals surface area contributed by atoms with Crippen molar-refractivity contribution >= 4 is 17.3 Å². The molecular weight excluding hydrogens is 328 g/mol. The molecule has 1 saturated heterocycles. The molecule has 8 heteroatoms. The molecule has 0 bridgehead atoms. The fourth-order valence-corrected chi connectivity index (χ4v) is 2.61. The Morgan fingerprint density at radius 1 is 1.43 bits per heavy atom. The van der Waals surface area contributed by atoms with Gasteiger partial charge in [-0.15, -0.1) is 0 Å². The van der Waals surface area contributed by atoms with Crippen molar-refractivity contribution < 1.29 is 13.5 Å². The largest absolute Gasteiger partial charge is 0.380 e. The van der Waals surface area contributed by atoms with Gasteiger partial charge in [-0.1, -0.05) is 11.6 Å². The van der Waals surface area contributed by atoms with Crippen LogP contribution in [-0.4, -0.2) is 29.0 Å². The summed E-state index contributed by atoms with van der Waals surface area (Å²) in [5.41, 5.74) is -0.496. The molecule has 1 unspecified atom stereocenters. The highest BCUT2D eigenvalue weighted by molar-refractivity contribution is 6.32. The van der Waals surface area contributed by atoms with Crippen LogP contribution < -0.4 is 10.9 Å². The lowest BCUT2D eigenvalue weighted by atomic mass is 10.2. The lowest BCUT2D eigenvalue weighted by Crippen LogP contribution is -2.25. The van der Waals surface area contributed by atoms with Crippen LogP contribution in [0.1, 0.15) is 12.8 Å². The summed E-state index contributed by atoms with van der Waals surface area (Å²) in [6.45, 7) is 1.24. The van der Waals surface area contributed by atoms with E-state index >= 15 is 0 Å². The van der Waals surface area contributed by atoms with E-state index in [1.54, 1.807) is 0 Å². The minimum atomic E-state index is -0.893. The molecule has 0 saturated carbocycles. The zero-order chi connectivity index (χ0) is 16.4. The fraction of sp³-hybridized carbons (Fsp3) is 0.333. The zero-order valence-electron chi connectivity index (χ0n) is 12.1. The number of halogens is 3. The summed E-state index contributed by atoms with van der Waals surface area (Å²) in [6, 6.07) is 2.86. The minimum absolute atomic E-state index is 0.0723. The van der Waals surface area contributed by atoms with E-state index in [-0.39, 0.29) is 16.8 Å². The van der Waals surface area contributed by atoms with Crippen molar-refractivity contribution in [3.05, 3.63) is 51.4 Å². The third-order valence-corrected chi connectivity index (χ3v) is 3.97. The van der Waals surface area contributed by atoms with Crippen LogP contribution in [0.4, 0.5) is 14.5 Å². The molecule has 5 nitrogen and oxygen atoms in total. The molecule has 1 atom stereocenters. The van der Waals surface area contributed by atoms with Crippen LogP contribution in [0.5, 0.6) is 0 Å². The summed E-state index contributed by atoms with van der Waals surface area (Å²) < 4.78 is 33.0. The molecule has 1 aromatic heterocycles. The molecule has 0 aliphatic carbocycles. The van der Waals surface area contributed by atoms with Crippen molar-refractivity contribution in [3.63, 3.8) is 0 Å². The van der Waals surface area contributed by atoms with Crippen LogP contribution in [0.2, 0.25) is 5.02 Å². The summed E-state index contributed by atoms with van der Waals surface area (Å²) in [6.07, 6.45) is 3.35. The van der Waals surface area contributed by atoms with E-state index in [0.29, 0.717) is 18.3 Å². The average molecular weight is 342 g/mol. The Labute approximate surface area is 135 Å². The first-order valence-corrected chi connectivity index (χ1v) is 7.53. The fourth-order valence-electron chi connectivity index (χ4n) is 2.41. The lowest BCUT2D eigenvalue weighted by Gasteiger charge is -2.13. The van der Waals surface area contributed by atoms with Crippen LogP contribution in [0.15, 0.2) is 29.2 Å². The van der Waals surface area contributed by atoms with Crippen LogP contribution in [0.25, 0.3) is 5.69 Å². The van der Waals surface area contributed by atoms with E-state index in [4.69, 9.17) is 16.3 Å². The van der Waals surface area contributed by atoms with Gasteiger partial charge in [0.05, 0.1) is 18.0 Å². The van der Waals surface area contributed by atoms with E-state index < -0.39 is 17.2 Å². The Kier molecular flexibility index (Phi) is 4.58. The number of nitrogens with one attached hydrogen (secondary N) is 1. The third-order valence-electron chi connectivity index (χ3n) is 3.60. The third kappa shape index (κ3) is 3.35. The Bertz CT molecular complexity index is 776. The molecule has 3 rings (SSSR count). The first-order chi connectivity index (χ1) is 11.1. The Morgan fingerprint density at radius 3 is 2.96 bits per heavy atom. The molecule has 1 fully saturated rings. The van der Waals surface area contributed by atoms with Crippen molar-refractivity contribution in [2.75, 3.05) is 18.5 Å². The number of hydrogen-bond donors (Lipinski definition) is 1. The molecule has 0 amide bonds. The molecule has 1 aromatic carbocycles. The van der Waals surface area contributed by atoms with Gasteiger partial charge in [0.2, 0.25) is 0 Å². The predicted molar refractivity (Wildman–Crippen MR) is 82.2 cm³/mol. The van der Waals surface area contributed by atoms with Gasteiger partial charge in [-0.2, -0.15) is 9.78 Å². The molecule has 1 N–H and O–H groups in total. The molecule has 23 heavy (non-hydrogen) atoms. The molecular formula is C15H14ClF2N3O2. The van der Waals surface area contributed by atoms with Gasteiger partial charge in [0.15, 0.2) is 5.82 Å². The van der Waals surface area contributed by atoms with Crippen LogP contribution in [0.3, 0.4) is 0 Å². The standard InChI is InChI=1S/C15H14ClF2N3O2/c16-14-12(19-7-10-2-1-5-23-10)8-20-21(15(14)22)13-4-3-9(17)6-11(13)18/h3-4,6,8,10,19H,1-2,5,7H2. The SMILES string of the molecule is O=c1c(Cl)c(NCC2CCCO2)cnn1-c1ccc(F)cc1F. The maximum absolute atomic E-state index is 13.8. The van der Waals surface area contributed by atoms with Gasteiger partial charge in [0.1, 0.15) is 16.5 Å². The van der Waals surface area contributed by atoms with E-state index in [1.165, 1.54) is 6.20 Å². The highest BCUT2D eigenvalue weighted by Gasteiger charge is 2.17.